The molecule has 0 radical (unpaired) electrons. The number of aromatic nitrogens is 1. The number of hydrogen-bond acceptors (Lipinski definition) is 8. The van der Waals surface area contributed by atoms with E-state index in [2.05, 4.69) is 15.3 Å². The standard InChI is InChI=1S/C28H34N8O3S/c29-27(30)32-14-6-10-20(23(37)25-34-19-9-4-5-11-22(19)40-25)33-24(38)21-12-15-35-16-13-28(31,26(39)36(21)35)17-18-7-2-1-3-8-18/h1-5,7-9,11,20-21H,6,10,12-17,31H2,(H,33,38)(H4,29,30,32). The first-order valence-corrected chi connectivity index (χ1v) is 14.2. The molecular formula is C28H34N8O3S. The number of guanidine groups is 1. The predicted molar refractivity (Wildman–Crippen MR) is 154 cm³/mol. The summed E-state index contributed by atoms with van der Waals surface area (Å²) in [7, 11) is 0. The molecule has 2 aliphatic rings. The molecule has 3 unspecified atom stereocenters. The van der Waals surface area contributed by atoms with Gasteiger partial charge in [-0.1, -0.05) is 42.5 Å². The van der Waals surface area contributed by atoms with Gasteiger partial charge in [0.2, 0.25) is 11.7 Å². The molecule has 2 saturated heterocycles. The van der Waals surface area contributed by atoms with Crippen LogP contribution in [0, 0.1) is 0 Å². The van der Waals surface area contributed by atoms with Crippen molar-refractivity contribution in [3.8, 4) is 0 Å². The first kappa shape index (κ1) is 27.7. The fourth-order valence-electron chi connectivity index (χ4n) is 5.38. The van der Waals surface area contributed by atoms with Gasteiger partial charge >= 0.3 is 0 Å². The van der Waals surface area contributed by atoms with Gasteiger partial charge < -0.3 is 22.5 Å². The number of hydrazine groups is 1. The Balaban J connectivity index is 1.33. The van der Waals surface area contributed by atoms with Crippen LogP contribution in [0.4, 0.5) is 0 Å². The van der Waals surface area contributed by atoms with Crippen molar-refractivity contribution in [2.24, 2.45) is 22.2 Å². The lowest BCUT2D eigenvalue weighted by Gasteiger charge is -2.44. The maximum Gasteiger partial charge on any atom is 0.258 e. The van der Waals surface area contributed by atoms with Gasteiger partial charge in [-0.05, 0) is 49.8 Å². The summed E-state index contributed by atoms with van der Waals surface area (Å²) in [5.74, 6) is -0.979. The van der Waals surface area contributed by atoms with Gasteiger partial charge in [0.15, 0.2) is 11.0 Å². The molecular weight excluding hydrogens is 528 g/mol. The van der Waals surface area contributed by atoms with Gasteiger partial charge in [-0.2, -0.15) is 0 Å². The predicted octanol–water partition coefficient (Wildman–Crippen LogP) is 1.18. The smallest absolute Gasteiger partial charge is 0.258 e. The Bertz CT molecular complexity index is 1390. The Morgan fingerprint density at radius 3 is 2.62 bits per heavy atom. The lowest BCUT2D eigenvalue weighted by molar-refractivity contribution is -0.165. The van der Waals surface area contributed by atoms with E-state index >= 15 is 0 Å². The molecule has 0 aliphatic carbocycles. The summed E-state index contributed by atoms with van der Waals surface area (Å²) in [5, 5.41) is 6.65. The first-order chi connectivity index (χ1) is 19.2. The molecule has 3 atom stereocenters. The number of ketones is 1. The molecule has 7 N–H and O–H groups in total. The molecule has 40 heavy (non-hydrogen) atoms. The number of rotatable bonds is 10. The zero-order chi connectivity index (χ0) is 28.3. The van der Waals surface area contributed by atoms with E-state index in [1.54, 1.807) is 0 Å². The molecule has 5 rings (SSSR count). The molecule has 1 aromatic heterocycles. The highest BCUT2D eigenvalue weighted by atomic mass is 32.1. The topological polar surface area (TPSA) is 173 Å². The maximum atomic E-state index is 13.7. The minimum absolute atomic E-state index is 0.0338. The first-order valence-electron chi connectivity index (χ1n) is 13.4. The number of hydrogen-bond donors (Lipinski definition) is 4. The molecule has 210 valence electrons. The largest absolute Gasteiger partial charge is 0.370 e. The van der Waals surface area contributed by atoms with Crippen LogP contribution in [0.3, 0.4) is 0 Å². The second kappa shape index (κ2) is 11.7. The van der Waals surface area contributed by atoms with Crippen molar-refractivity contribution >= 4 is 45.1 Å². The fraction of sp³-hybridized carbons (Fsp3) is 0.393. The van der Waals surface area contributed by atoms with E-state index in [1.165, 1.54) is 16.3 Å². The Kier molecular flexibility index (Phi) is 8.10. The number of amides is 2. The number of Topliss-reactive ketones (excluding diaryl/α,β-unsaturated/α-hetero) is 1. The van der Waals surface area contributed by atoms with Gasteiger partial charge in [0.1, 0.15) is 11.6 Å². The average Bonchev–Trinajstić information content (AvgIpc) is 3.57. The Hall–Kier alpha value is -3.87. The highest BCUT2D eigenvalue weighted by Gasteiger charge is 2.51. The molecule has 2 aliphatic heterocycles. The molecule has 0 bridgehead atoms. The van der Waals surface area contributed by atoms with Crippen molar-refractivity contribution < 1.29 is 14.4 Å². The minimum Gasteiger partial charge on any atom is -0.370 e. The lowest BCUT2D eigenvalue weighted by atomic mass is 9.85. The van der Waals surface area contributed by atoms with Crippen LogP contribution in [0.15, 0.2) is 59.6 Å². The number of aliphatic imine (C=N–C) groups is 1. The van der Waals surface area contributed by atoms with E-state index in [9.17, 15) is 14.4 Å². The van der Waals surface area contributed by atoms with Crippen LogP contribution in [0.5, 0.6) is 0 Å². The van der Waals surface area contributed by atoms with E-state index < -0.39 is 17.6 Å². The van der Waals surface area contributed by atoms with Crippen LogP contribution in [0.2, 0.25) is 0 Å². The van der Waals surface area contributed by atoms with Gasteiger partial charge in [-0.15, -0.1) is 11.3 Å². The molecule has 2 amide bonds. The van der Waals surface area contributed by atoms with Gasteiger partial charge in [-0.25, -0.2) is 9.99 Å². The summed E-state index contributed by atoms with van der Waals surface area (Å²) in [5.41, 5.74) is 18.1. The third-order valence-corrected chi connectivity index (χ3v) is 8.51. The highest BCUT2D eigenvalue weighted by Crippen LogP contribution is 2.31. The minimum atomic E-state index is -1.11. The van der Waals surface area contributed by atoms with Gasteiger partial charge in [0.05, 0.1) is 16.3 Å². The van der Waals surface area contributed by atoms with Crippen molar-refractivity contribution in [3.63, 3.8) is 0 Å². The zero-order valence-corrected chi connectivity index (χ0v) is 23.0. The molecule has 3 heterocycles. The van der Waals surface area contributed by atoms with E-state index in [1.807, 2.05) is 59.6 Å². The number of carbonyl (C=O) groups excluding carboxylic acids is 3. The third kappa shape index (κ3) is 5.83. The van der Waals surface area contributed by atoms with Crippen LogP contribution in [-0.4, -0.2) is 75.8 Å². The number of nitrogens with one attached hydrogen (secondary N) is 1. The van der Waals surface area contributed by atoms with Gasteiger partial charge in [0, 0.05) is 19.6 Å². The van der Waals surface area contributed by atoms with E-state index in [0.717, 1.165) is 15.8 Å². The van der Waals surface area contributed by atoms with Crippen LogP contribution in [0.1, 0.15) is 41.0 Å². The summed E-state index contributed by atoms with van der Waals surface area (Å²) in [6.07, 6.45) is 2.12. The van der Waals surface area contributed by atoms with E-state index in [0.29, 0.717) is 56.7 Å². The second-order valence-electron chi connectivity index (χ2n) is 10.3. The molecule has 2 aromatic carbocycles. The van der Waals surface area contributed by atoms with Gasteiger partial charge in [0.25, 0.3) is 5.91 Å². The monoisotopic (exact) mass is 562 g/mol. The average molecular weight is 563 g/mol. The van der Waals surface area contributed by atoms with Crippen molar-refractivity contribution in [3.05, 3.63) is 65.2 Å². The number of nitrogens with two attached hydrogens (primary N) is 3. The number of benzene rings is 2. The van der Waals surface area contributed by atoms with E-state index in [-0.39, 0.29) is 23.6 Å². The summed E-state index contributed by atoms with van der Waals surface area (Å²) < 4.78 is 0.888. The molecule has 12 heteroatoms. The molecule has 2 fully saturated rings. The molecule has 0 saturated carbocycles. The van der Waals surface area contributed by atoms with Crippen molar-refractivity contribution in [2.45, 2.75) is 49.7 Å². The number of carbonyl (C=O) groups is 3. The third-order valence-electron chi connectivity index (χ3n) is 7.46. The van der Waals surface area contributed by atoms with Crippen molar-refractivity contribution in [1.29, 1.82) is 0 Å². The summed E-state index contributed by atoms with van der Waals surface area (Å²) in [4.78, 5) is 49.5. The Labute approximate surface area is 236 Å². The van der Waals surface area contributed by atoms with Gasteiger partial charge in [-0.3, -0.25) is 24.4 Å². The zero-order valence-electron chi connectivity index (χ0n) is 22.2. The Morgan fingerprint density at radius 2 is 1.88 bits per heavy atom. The normalized spacial score (nSPS) is 21.7. The summed E-state index contributed by atoms with van der Waals surface area (Å²) >= 11 is 1.29. The summed E-state index contributed by atoms with van der Waals surface area (Å²) in [6.45, 7) is 1.45. The Morgan fingerprint density at radius 1 is 1.12 bits per heavy atom. The van der Waals surface area contributed by atoms with Crippen LogP contribution < -0.4 is 22.5 Å². The maximum absolute atomic E-state index is 13.7. The molecule has 11 nitrogen and oxygen atoms in total. The SMILES string of the molecule is NC(N)=NCCCC(NC(=O)C1CCN2CCC(N)(Cc3ccccc3)C(=O)N12)C(=O)c1nc2ccccc2s1. The van der Waals surface area contributed by atoms with Crippen LogP contribution in [0.25, 0.3) is 10.2 Å². The number of thiazole rings is 1. The lowest BCUT2D eigenvalue weighted by Crippen LogP contribution is -2.67. The second-order valence-corrected chi connectivity index (χ2v) is 11.4. The molecule has 0 spiro atoms. The quantitative estimate of drug-likeness (QED) is 0.123. The number of para-hydroxylation sites is 1. The fourth-order valence-corrected chi connectivity index (χ4v) is 6.34. The molecule has 3 aromatic rings. The number of nitrogens with zero attached hydrogens (tertiary/aromatic N) is 4. The van der Waals surface area contributed by atoms with Crippen molar-refractivity contribution in [1.82, 2.24) is 20.3 Å². The highest BCUT2D eigenvalue weighted by molar-refractivity contribution is 7.20. The summed E-state index contributed by atoms with van der Waals surface area (Å²) in [6, 6.07) is 15.5. The van der Waals surface area contributed by atoms with Crippen LogP contribution >= 0.6 is 11.3 Å². The van der Waals surface area contributed by atoms with Crippen molar-refractivity contribution in [2.75, 3.05) is 19.6 Å². The van der Waals surface area contributed by atoms with E-state index in [4.69, 9.17) is 17.2 Å². The number of fused-ring (bicyclic) bond motifs is 2. The van der Waals surface area contributed by atoms with Crippen LogP contribution in [-0.2, 0) is 16.0 Å².